The van der Waals surface area contributed by atoms with Crippen molar-refractivity contribution in [3.63, 3.8) is 0 Å². The molecule has 1 amide bonds. The van der Waals surface area contributed by atoms with Crippen molar-refractivity contribution in [2.45, 2.75) is 52.5 Å². The van der Waals surface area contributed by atoms with E-state index in [1.165, 1.54) is 12.1 Å². The van der Waals surface area contributed by atoms with E-state index in [4.69, 9.17) is 0 Å². The van der Waals surface area contributed by atoms with E-state index in [1.54, 1.807) is 23.7 Å². The second kappa shape index (κ2) is 8.60. The summed E-state index contributed by atoms with van der Waals surface area (Å²) in [4.78, 5) is 23.6. The predicted molar refractivity (Wildman–Crippen MR) is 95.8 cm³/mol. The van der Waals surface area contributed by atoms with Crippen LogP contribution in [0.4, 0.5) is 4.39 Å². The van der Waals surface area contributed by atoms with E-state index in [0.717, 1.165) is 24.1 Å². The summed E-state index contributed by atoms with van der Waals surface area (Å²) in [6.45, 7) is 5.59. The Morgan fingerprint density at radius 3 is 2.50 bits per heavy atom. The molecule has 0 bridgehead atoms. The summed E-state index contributed by atoms with van der Waals surface area (Å²) in [6, 6.07) is 5.05. The summed E-state index contributed by atoms with van der Waals surface area (Å²) in [7, 11) is 0. The number of carboxylic acid groups (broad SMARTS) is 1. The summed E-state index contributed by atoms with van der Waals surface area (Å²) < 4.78 is 14.8. The Morgan fingerprint density at radius 2 is 1.92 bits per heavy atom. The summed E-state index contributed by atoms with van der Waals surface area (Å²) in [5.41, 5.74) is 2.89. The number of aromatic nitrogens is 2. The molecule has 0 unspecified atom stereocenters. The van der Waals surface area contributed by atoms with Crippen LogP contribution in [-0.2, 0) is 16.0 Å². The van der Waals surface area contributed by atoms with Gasteiger partial charge in [-0.25, -0.2) is 13.9 Å². The lowest BCUT2D eigenvalue weighted by Crippen LogP contribution is -2.41. The summed E-state index contributed by atoms with van der Waals surface area (Å²) >= 11 is 0. The maximum atomic E-state index is 13.1. The number of halogens is 1. The lowest BCUT2D eigenvalue weighted by atomic mass is 10.1. The molecule has 26 heavy (non-hydrogen) atoms. The number of rotatable bonds is 8. The zero-order valence-electron chi connectivity index (χ0n) is 15.3. The van der Waals surface area contributed by atoms with Gasteiger partial charge in [0.05, 0.1) is 17.8 Å². The molecule has 2 rings (SSSR count). The molecule has 0 saturated heterocycles. The first-order valence-corrected chi connectivity index (χ1v) is 8.66. The molecule has 1 heterocycles. The number of amides is 1. The molecule has 0 saturated carbocycles. The second-order valence-electron chi connectivity index (χ2n) is 6.31. The van der Waals surface area contributed by atoms with Crippen LogP contribution in [0.5, 0.6) is 0 Å². The predicted octanol–water partition coefficient (Wildman–Crippen LogP) is 2.93. The van der Waals surface area contributed by atoms with E-state index in [2.05, 4.69) is 10.4 Å². The molecule has 6 nitrogen and oxygen atoms in total. The van der Waals surface area contributed by atoms with Crippen molar-refractivity contribution in [3.8, 4) is 5.69 Å². The minimum absolute atomic E-state index is 0.0504. The van der Waals surface area contributed by atoms with Gasteiger partial charge in [-0.3, -0.25) is 4.79 Å². The van der Waals surface area contributed by atoms with E-state index >= 15 is 0 Å². The van der Waals surface area contributed by atoms with Crippen LogP contribution in [0.3, 0.4) is 0 Å². The number of hydrogen-bond acceptors (Lipinski definition) is 3. The van der Waals surface area contributed by atoms with Crippen LogP contribution in [0, 0.1) is 19.7 Å². The molecule has 7 heteroatoms. The van der Waals surface area contributed by atoms with Gasteiger partial charge in [0, 0.05) is 11.3 Å². The second-order valence-corrected chi connectivity index (χ2v) is 6.31. The Bertz CT molecular complexity index is 784. The Labute approximate surface area is 152 Å². The van der Waals surface area contributed by atoms with Crippen molar-refractivity contribution in [2.24, 2.45) is 0 Å². The normalized spacial score (nSPS) is 12.0. The number of nitrogens with one attached hydrogen (secondary N) is 1. The lowest BCUT2D eigenvalue weighted by molar-refractivity contribution is -0.142. The van der Waals surface area contributed by atoms with E-state index in [-0.39, 0.29) is 18.1 Å². The average molecular weight is 361 g/mol. The topological polar surface area (TPSA) is 84.2 Å². The van der Waals surface area contributed by atoms with Crippen LogP contribution in [0.1, 0.15) is 43.1 Å². The molecule has 0 fully saturated rings. The minimum atomic E-state index is -1.03. The van der Waals surface area contributed by atoms with E-state index in [1.807, 2.05) is 13.8 Å². The molecule has 0 aliphatic heterocycles. The fraction of sp³-hybridized carbons (Fsp3) is 0.421. The number of aryl methyl sites for hydroxylation is 1. The molecule has 1 aromatic heterocycles. The lowest BCUT2D eigenvalue weighted by Gasteiger charge is -2.14. The first-order valence-electron chi connectivity index (χ1n) is 8.66. The van der Waals surface area contributed by atoms with Gasteiger partial charge in [-0.05, 0) is 44.5 Å². The molecule has 2 aromatic rings. The van der Waals surface area contributed by atoms with Gasteiger partial charge in [0.2, 0.25) is 5.91 Å². The molecule has 0 aliphatic carbocycles. The highest BCUT2D eigenvalue weighted by atomic mass is 19.1. The van der Waals surface area contributed by atoms with E-state index in [9.17, 15) is 19.1 Å². The molecule has 1 aromatic carbocycles. The van der Waals surface area contributed by atoms with Crippen molar-refractivity contribution >= 4 is 11.9 Å². The maximum absolute atomic E-state index is 13.1. The number of unbranched alkanes of at least 4 members (excludes halogenated alkanes) is 1. The van der Waals surface area contributed by atoms with E-state index in [0.29, 0.717) is 17.8 Å². The SMILES string of the molecule is CCCC[C@H](NC(=O)Cc1c(C)nn(-c2ccc(F)cc2)c1C)C(=O)O. The van der Waals surface area contributed by atoms with Crippen molar-refractivity contribution in [2.75, 3.05) is 0 Å². The third-order valence-corrected chi connectivity index (χ3v) is 4.33. The number of carbonyl (C=O) groups excluding carboxylic acids is 1. The Balaban J connectivity index is 2.15. The van der Waals surface area contributed by atoms with Crippen molar-refractivity contribution in [1.82, 2.24) is 15.1 Å². The minimum Gasteiger partial charge on any atom is -0.480 e. The fourth-order valence-corrected chi connectivity index (χ4v) is 2.84. The Hall–Kier alpha value is -2.70. The molecule has 1 atom stereocenters. The third-order valence-electron chi connectivity index (χ3n) is 4.33. The largest absolute Gasteiger partial charge is 0.480 e. The van der Waals surface area contributed by atoms with Crippen molar-refractivity contribution in [3.05, 3.63) is 47.0 Å². The number of nitrogens with zero attached hydrogens (tertiary/aromatic N) is 2. The first-order chi connectivity index (χ1) is 12.3. The van der Waals surface area contributed by atoms with Crippen LogP contribution >= 0.6 is 0 Å². The van der Waals surface area contributed by atoms with Crippen molar-refractivity contribution in [1.29, 1.82) is 0 Å². The summed E-state index contributed by atoms with van der Waals surface area (Å²) in [5.74, 6) is -1.71. The number of carboxylic acids is 1. The van der Waals surface area contributed by atoms with Gasteiger partial charge < -0.3 is 10.4 Å². The van der Waals surface area contributed by atoms with Crippen LogP contribution in [0.25, 0.3) is 5.69 Å². The third kappa shape index (κ3) is 4.68. The van der Waals surface area contributed by atoms with Crippen LogP contribution in [0.15, 0.2) is 24.3 Å². The monoisotopic (exact) mass is 361 g/mol. The number of hydrogen-bond donors (Lipinski definition) is 2. The first kappa shape index (κ1) is 19.6. The fourth-order valence-electron chi connectivity index (χ4n) is 2.84. The van der Waals surface area contributed by atoms with Gasteiger partial charge in [0.25, 0.3) is 0 Å². The highest BCUT2D eigenvalue weighted by Gasteiger charge is 2.21. The van der Waals surface area contributed by atoms with Gasteiger partial charge in [0.15, 0.2) is 0 Å². The molecular weight excluding hydrogens is 337 g/mol. The Kier molecular flexibility index (Phi) is 6.49. The highest BCUT2D eigenvalue weighted by molar-refractivity contribution is 5.85. The van der Waals surface area contributed by atoms with Crippen molar-refractivity contribution < 1.29 is 19.1 Å². The molecule has 140 valence electrons. The number of aliphatic carboxylic acids is 1. The van der Waals surface area contributed by atoms with Crippen LogP contribution in [-0.4, -0.2) is 32.8 Å². The molecule has 0 aliphatic rings. The zero-order chi connectivity index (χ0) is 19.3. The smallest absolute Gasteiger partial charge is 0.326 e. The van der Waals surface area contributed by atoms with Gasteiger partial charge in [-0.1, -0.05) is 19.8 Å². The van der Waals surface area contributed by atoms with Gasteiger partial charge >= 0.3 is 5.97 Å². The van der Waals surface area contributed by atoms with E-state index < -0.39 is 12.0 Å². The maximum Gasteiger partial charge on any atom is 0.326 e. The molecular formula is C19H24FN3O3. The van der Waals surface area contributed by atoms with Crippen LogP contribution < -0.4 is 5.32 Å². The molecule has 0 radical (unpaired) electrons. The number of benzene rings is 1. The summed E-state index contributed by atoms with van der Waals surface area (Å²) in [6.07, 6.45) is 2.05. The van der Waals surface area contributed by atoms with Crippen LogP contribution in [0.2, 0.25) is 0 Å². The summed E-state index contributed by atoms with van der Waals surface area (Å²) in [5, 5.41) is 16.2. The number of carbonyl (C=O) groups is 2. The molecule has 0 spiro atoms. The highest BCUT2D eigenvalue weighted by Crippen LogP contribution is 2.19. The van der Waals surface area contributed by atoms with Gasteiger partial charge in [0.1, 0.15) is 11.9 Å². The van der Waals surface area contributed by atoms with Gasteiger partial charge in [-0.15, -0.1) is 0 Å². The standard InChI is InChI=1S/C19H24FN3O3/c1-4-5-6-17(19(25)26)21-18(24)11-16-12(2)22-23(13(16)3)15-9-7-14(20)8-10-15/h7-10,17H,4-6,11H2,1-3H3,(H,21,24)(H,25,26)/t17-/m0/s1. The Morgan fingerprint density at radius 1 is 1.27 bits per heavy atom. The quantitative estimate of drug-likeness (QED) is 0.757. The average Bonchev–Trinajstić information content (AvgIpc) is 2.87. The van der Waals surface area contributed by atoms with Gasteiger partial charge in [-0.2, -0.15) is 5.10 Å². The zero-order valence-corrected chi connectivity index (χ0v) is 15.3. The molecule has 2 N–H and O–H groups in total.